The summed E-state index contributed by atoms with van der Waals surface area (Å²) in [5.41, 5.74) is 2.78. The number of rotatable bonds is 7. The molecule has 0 atom stereocenters. The Bertz CT molecular complexity index is 777. The summed E-state index contributed by atoms with van der Waals surface area (Å²) < 4.78 is 5.71. The van der Waals surface area contributed by atoms with Gasteiger partial charge in [-0.2, -0.15) is 0 Å². The van der Waals surface area contributed by atoms with E-state index in [1.54, 1.807) is 6.08 Å². The summed E-state index contributed by atoms with van der Waals surface area (Å²) in [6.07, 6.45) is 5.21. The Morgan fingerprint density at radius 1 is 1.04 bits per heavy atom. The van der Waals surface area contributed by atoms with Gasteiger partial charge in [0, 0.05) is 5.56 Å². The molecule has 1 aliphatic heterocycles. The van der Waals surface area contributed by atoms with E-state index >= 15 is 0 Å². The minimum absolute atomic E-state index is 0.432. The lowest BCUT2D eigenvalue weighted by molar-refractivity contribution is -0.136. The van der Waals surface area contributed by atoms with Crippen LogP contribution in [0.3, 0.4) is 0 Å². The normalized spacial score (nSPS) is 15.2. The molecule has 4 nitrogen and oxygen atoms in total. The molecule has 2 aromatic rings. The van der Waals surface area contributed by atoms with Gasteiger partial charge < -0.3 is 9.57 Å². The van der Waals surface area contributed by atoms with Gasteiger partial charge in [0.15, 0.2) is 0 Å². The van der Waals surface area contributed by atoms with E-state index in [4.69, 9.17) is 9.57 Å². The van der Waals surface area contributed by atoms with Crippen LogP contribution < -0.4 is 4.74 Å². The fourth-order valence-electron chi connectivity index (χ4n) is 2.58. The largest absolute Gasteiger partial charge is 0.494 e. The predicted molar refractivity (Wildman–Crippen MR) is 98.5 cm³/mol. The number of benzene rings is 2. The predicted octanol–water partition coefficient (Wildman–Crippen LogP) is 4.60. The van der Waals surface area contributed by atoms with Crippen LogP contribution in [0.15, 0.2) is 65.3 Å². The van der Waals surface area contributed by atoms with Crippen molar-refractivity contribution in [3.63, 3.8) is 0 Å². The molecule has 0 bridgehead atoms. The molecule has 0 fully saturated rings. The summed E-state index contributed by atoms with van der Waals surface area (Å²) in [6, 6.07) is 17.2. The summed E-state index contributed by atoms with van der Waals surface area (Å²) >= 11 is 0. The molecule has 3 rings (SSSR count). The number of unbranched alkanes of at least 4 members (excludes halogenated alkanes) is 2. The fraction of sp³-hybridized carbons (Fsp3) is 0.238. The molecule has 0 unspecified atom stereocenters. The van der Waals surface area contributed by atoms with Gasteiger partial charge in [0.05, 0.1) is 12.2 Å². The molecule has 0 saturated heterocycles. The molecule has 0 spiro atoms. The van der Waals surface area contributed by atoms with Crippen molar-refractivity contribution in [3.8, 4) is 5.75 Å². The van der Waals surface area contributed by atoms with Gasteiger partial charge in [-0.3, -0.25) is 0 Å². The summed E-state index contributed by atoms with van der Waals surface area (Å²) in [5.74, 6) is 0.406. The minimum Gasteiger partial charge on any atom is -0.494 e. The Labute approximate surface area is 147 Å². The maximum atomic E-state index is 12.0. The SMILES string of the molecule is CCCCCOc1ccc(/C=C2\C(=O)ON=C2c2ccccc2)cc1. The van der Waals surface area contributed by atoms with Gasteiger partial charge in [-0.1, -0.05) is 67.4 Å². The quantitative estimate of drug-likeness (QED) is 0.422. The minimum atomic E-state index is -0.432. The lowest BCUT2D eigenvalue weighted by Crippen LogP contribution is -2.06. The molecule has 0 amide bonds. The average molecular weight is 335 g/mol. The van der Waals surface area contributed by atoms with E-state index in [0.717, 1.165) is 29.9 Å². The van der Waals surface area contributed by atoms with Crippen molar-refractivity contribution < 1.29 is 14.4 Å². The summed E-state index contributed by atoms with van der Waals surface area (Å²) in [7, 11) is 0. The number of nitrogens with zero attached hydrogens (tertiary/aromatic N) is 1. The Kier molecular flexibility index (Phi) is 5.62. The lowest BCUT2D eigenvalue weighted by atomic mass is 10.0. The second-order valence-electron chi connectivity index (χ2n) is 5.87. The molecule has 1 aliphatic rings. The molecule has 0 radical (unpaired) electrons. The fourth-order valence-corrected chi connectivity index (χ4v) is 2.58. The first kappa shape index (κ1) is 17.0. The summed E-state index contributed by atoms with van der Waals surface area (Å²) in [4.78, 5) is 16.9. The molecule has 2 aromatic carbocycles. The third-order valence-electron chi connectivity index (χ3n) is 3.95. The zero-order valence-corrected chi connectivity index (χ0v) is 14.3. The first-order valence-electron chi connectivity index (χ1n) is 8.57. The van der Waals surface area contributed by atoms with E-state index in [1.807, 2.05) is 54.6 Å². The van der Waals surface area contributed by atoms with Crippen molar-refractivity contribution in [2.45, 2.75) is 26.2 Å². The molecule has 0 aliphatic carbocycles. The van der Waals surface area contributed by atoms with E-state index in [1.165, 1.54) is 12.8 Å². The van der Waals surface area contributed by atoms with Crippen LogP contribution in [-0.4, -0.2) is 18.3 Å². The highest BCUT2D eigenvalue weighted by Crippen LogP contribution is 2.22. The second-order valence-corrected chi connectivity index (χ2v) is 5.87. The third kappa shape index (κ3) is 4.35. The standard InChI is InChI=1S/C21H21NO3/c1-2-3-7-14-24-18-12-10-16(11-13-18)15-19-20(22-25-21(19)23)17-8-5-4-6-9-17/h4-6,8-13,15H,2-3,7,14H2,1H3/b19-15-. The van der Waals surface area contributed by atoms with Gasteiger partial charge in [0.1, 0.15) is 11.5 Å². The molecule has 4 heteroatoms. The topological polar surface area (TPSA) is 47.9 Å². The first-order chi connectivity index (χ1) is 12.3. The number of hydrogen-bond acceptors (Lipinski definition) is 4. The molecule has 0 N–H and O–H groups in total. The Balaban J connectivity index is 1.73. The summed E-state index contributed by atoms with van der Waals surface area (Å²) in [6.45, 7) is 2.90. The number of oxime groups is 1. The Hall–Kier alpha value is -2.88. The second kappa shape index (κ2) is 8.29. The van der Waals surface area contributed by atoms with Crippen LogP contribution in [0.2, 0.25) is 0 Å². The number of carbonyl (C=O) groups excluding carboxylic acids is 1. The van der Waals surface area contributed by atoms with Crippen molar-refractivity contribution >= 4 is 17.8 Å². The van der Waals surface area contributed by atoms with Crippen LogP contribution in [0.1, 0.15) is 37.3 Å². The Morgan fingerprint density at radius 2 is 1.80 bits per heavy atom. The van der Waals surface area contributed by atoms with Crippen molar-refractivity contribution in [1.82, 2.24) is 0 Å². The smallest absolute Gasteiger partial charge is 0.368 e. The molecule has 1 heterocycles. The van der Waals surface area contributed by atoms with E-state index < -0.39 is 5.97 Å². The van der Waals surface area contributed by atoms with Crippen molar-refractivity contribution in [2.24, 2.45) is 5.16 Å². The maximum Gasteiger partial charge on any atom is 0.368 e. The maximum absolute atomic E-state index is 12.0. The molecule has 25 heavy (non-hydrogen) atoms. The van der Waals surface area contributed by atoms with E-state index in [2.05, 4.69) is 12.1 Å². The summed E-state index contributed by atoms with van der Waals surface area (Å²) in [5, 5.41) is 3.91. The average Bonchev–Trinajstić information content (AvgIpc) is 3.01. The third-order valence-corrected chi connectivity index (χ3v) is 3.95. The van der Waals surface area contributed by atoms with Gasteiger partial charge in [-0.05, 0) is 30.2 Å². The first-order valence-corrected chi connectivity index (χ1v) is 8.57. The van der Waals surface area contributed by atoms with Crippen molar-refractivity contribution in [1.29, 1.82) is 0 Å². The number of ether oxygens (including phenoxy) is 1. The van der Waals surface area contributed by atoms with Gasteiger partial charge >= 0.3 is 5.97 Å². The lowest BCUT2D eigenvalue weighted by Gasteiger charge is -2.06. The van der Waals surface area contributed by atoms with Crippen molar-refractivity contribution in [3.05, 3.63) is 71.3 Å². The highest BCUT2D eigenvalue weighted by atomic mass is 16.7. The monoisotopic (exact) mass is 335 g/mol. The van der Waals surface area contributed by atoms with Crippen LogP contribution in [0, 0.1) is 0 Å². The van der Waals surface area contributed by atoms with Gasteiger partial charge in [-0.15, -0.1) is 0 Å². The van der Waals surface area contributed by atoms with Crippen LogP contribution >= 0.6 is 0 Å². The van der Waals surface area contributed by atoms with Gasteiger partial charge in [0.2, 0.25) is 0 Å². The van der Waals surface area contributed by atoms with E-state index in [0.29, 0.717) is 11.3 Å². The zero-order chi connectivity index (χ0) is 17.5. The molecule has 128 valence electrons. The highest BCUT2D eigenvalue weighted by molar-refractivity contribution is 6.31. The Morgan fingerprint density at radius 3 is 2.52 bits per heavy atom. The molecular formula is C21H21NO3. The molecule has 0 aromatic heterocycles. The van der Waals surface area contributed by atoms with Crippen molar-refractivity contribution in [2.75, 3.05) is 6.61 Å². The molecule has 0 saturated carbocycles. The van der Waals surface area contributed by atoms with Crippen LogP contribution in [0.5, 0.6) is 5.75 Å². The van der Waals surface area contributed by atoms with Crippen LogP contribution in [-0.2, 0) is 9.63 Å². The van der Waals surface area contributed by atoms with Crippen LogP contribution in [0.25, 0.3) is 6.08 Å². The molecular weight excluding hydrogens is 314 g/mol. The van der Waals surface area contributed by atoms with E-state index in [-0.39, 0.29) is 0 Å². The zero-order valence-electron chi connectivity index (χ0n) is 14.3. The van der Waals surface area contributed by atoms with Gasteiger partial charge in [0.25, 0.3) is 0 Å². The number of hydrogen-bond donors (Lipinski definition) is 0. The van der Waals surface area contributed by atoms with Gasteiger partial charge in [-0.25, -0.2) is 4.79 Å². The van der Waals surface area contributed by atoms with E-state index in [9.17, 15) is 4.79 Å². The highest BCUT2D eigenvalue weighted by Gasteiger charge is 2.26. The number of carbonyl (C=O) groups is 1. The van der Waals surface area contributed by atoms with Crippen LogP contribution in [0.4, 0.5) is 0 Å².